The Hall–Kier alpha value is -4.69. The van der Waals surface area contributed by atoms with Gasteiger partial charge in [-0.05, 0) is 24.3 Å². The van der Waals surface area contributed by atoms with E-state index < -0.39 is 11.5 Å². The number of aliphatic hydroxyl groups is 1. The maximum absolute atomic E-state index is 12.3. The van der Waals surface area contributed by atoms with Gasteiger partial charge in [0, 0.05) is 44.7 Å². The van der Waals surface area contributed by atoms with Crippen molar-refractivity contribution in [3.63, 3.8) is 0 Å². The Balaban J connectivity index is 1.43. The number of likely N-dealkylation sites (tertiary alicyclic amines) is 1. The fourth-order valence-corrected chi connectivity index (χ4v) is 3.67. The van der Waals surface area contributed by atoms with Gasteiger partial charge < -0.3 is 19.8 Å². The molecule has 1 atom stereocenters. The lowest BCUT2D eigenvalue weighted by Crippen LogP contribution is -2.35. The summed E-state index contributed by atoms with van der Waals surface area (Å²) in [6, 6.07) is 12.3. The van der Waals surface area contributed by atoms with E-state index in [4.69, 9.17) is 4.52 Å². The number of anilines is 2. The highest BCUT2D eigenvalue weighted by atomic mass is 16.5. The summed E-state index contributed by atoms with van der Waals surface area (Å²) in [6.45, 7) is 0.429. The molecule has 1 aliphatic rings. The van der Waals surface area contributed by atoms with Gasteiger partial charge in [0.05, 0.1) is 28.3 Å². The van der Waals surface area contributed by atoms with Crippen molar-refractivity contribution >= 4 is 17.5 Å². The number of nitriles is 1. The van der Waals surface area contributed by atoms with Crippen molar-refractivity contribution in [3.8, 4) is 28.8 Å². The largest absolute Gasteiger partial charge is 0.373 e. The highest BCUT2D eigenvalue weighted by molar-refractivity contribution is 5.87. The number of nitrogens with zero attached hydrogens (tertiary/aromatic N) is 7. The van der Waals surface area contributed by atoms with E-state index in [0.29, 0.717) is 46.5 Å². The predicted octanol–water partition coefficient (Wildman–Crippen LogP) is 2.25. The normalized spacial score (nSPS) is 17.6. The van der Waals surface area contributed by atoms with Crippen molar-refractivity contribution in [2.45, 2.75) is 12.0 Å². The summed E-state index contributed by atoms with van der Waals surface area (Å²) >= 11 is 0. The van der Waals surface area contributed by atoms with Crippen LogP contribution in [0.5, 0.6) is 0 Å². The molecule has 11 heteroatoms. The van der Waals surface area contributed by atoms with Crippen molar-refractivity contribution in [1.29, 1.82) is 5.26 Å². The van der Waals surface area contributed by atoms with E-state index in [0.717, 1.165) is 0 Å². The summed E-state index contributed by atoms with van der Waals surface area (Å²) in [5.74, 6) is -0.0443. The van der Waals surface area contributed by atoms with Crippen molar-refractivity contribution in [1.82, 2.24) is 30.0 Å². The van der Waals surface area contributed by atoms with Crippen LogP contribution in [0.25, 0.3) is 22.8 Å². The molecule has 0 saturated carbocycles. The summed E-state index contributed by atoms with van der Waals surface area (Å²) in [4.78, 5) is 31.1. The van der Waals surface area contributed by atoms with Gasteiger partial charge in [-0.1, -0.05) is 11.2 Å². The Morgan fingerprint density at radius 1 is 1.15 bits per heavy atom. The third kappa shape index (κ3) is 3.72. The Labute approximate surface area is 193 Å². The van der Waals surface area contributed by atoms with E-state index in [1.165, 1.54) is 17.2 Å². The SMILES string of the molecule is CN1CCC(O)(c2cc(-c3cccc(-c4ccnc(Nc5ccncc5C#N)n4)n3)no2)C1=O. The van der Waals surface area contributed by atoms with E-state index in [9.17, 15) is 15.2 Å². The number of rotatable bonds is 5. The number of pyridine rings is 2. The molecule has 4 aromatic heterocycles. The minimum absolute atomic E-state index is 0.0863. The Morgan fingerprint density at radius 3 is 2.71 bits per heavy atom. The average Bonchev–Trinajstić information content (AvgIpc) is 3.47. The molecule has 2 N–H and O–H groups in total. The third-order valence-electron chi connectivity index (χ3n) is 5.54. The summed E-state index contributed by atoms with van der Waals surface area (Å²) in [7, 11) is 1.63. The number of nitrogens with one attached hydrogen (secondary N) is 1. The molecule has 1 amide bonds. The molecule has 5 rings (SSSR count). The highest BCUT2D eigenvalue weighted by Crippen LogP contribution is 2.34. The molecule has 4 aromatic rings. The zero-order valence-corrected chi connectivity index (χ0v) is 18.0. The van der Waals surface area contributed by atoms with E-state index in [2.05, 4.69) is 36.5 Å². The maximum atomic E-state index is 12.3. The molecular weight excluding hydrogens is 436 g/mol. The van der Waals surface area contributed by atoms with Crippen LogP contribution in [0.4, 0.5) is 11.6 Å². The van der Waals surface area contributed by atoms with Crippen LogP contribution in [0, 0.1) is 11.3 Å². The molecule has 5 heterocycles. The second kappa shape index (κ2) is 8.34. The smallest absolute Gasteiger partial charge is 0.262 e. The standard InChI is InChI=1S/C23H18N8O3/c1-31-10-7-23(33,21(31)32)20-11-19(30-34-20)17-4-2-3-16(27-17)18-6-9-26-22(29-18)28-15-5-8-25-13-14(15)12-24/h2-6,8-9,11,13,33H,7,10H2,1H3,(H,25,26,28,29). The number of carbonyl (C=O) groups excluding carboxylic acids is 1. The van der Waals surface area contributed by atoms with Crippen LogP contribution in [-0.4, -0.2) is 54.6 Å². The van der Waals surface area contributed by atoms with Crippen LogP contribution in [0.3, 0.4) is 0 Å². The van der Waals surface area contributed by atoms with Crippen molar-refractivity contribution < 1.29 is 14.4 Å². The lowest BCUT2D eigenvalue weighted by atomic mass is 9.98. The fraction of sp³-hybridized carbons (Fsp3) is 0.174. The number of likely N-dealkylation sites (N-methyl/N-ethyl adjacent to an activating group) is 1. The summed E-state index contributed by atoms with van der Waals surface area (Å²) in [6.07, 6.45) is 4.83. The van der Waals surface area contributed by atoms with Gasteiger partial charge in [0.1, 0.15) is 11.8 Å². The lowest BCUT2D eigenvalue weighted by Gasteiger charge is -2.16. The fourth-order valence-electron chi connectivity index (χ4n) is 3.67. The van der Waals surface area contributed by atoms with Crippen LogP contribution in [0.2, 0.25) is 0 Å². The quantitative estimate of drug-likeness (QED) is 0.459. The van der Waals surface area contributed by atoms with Gasteiger partial charge in [-0.25, -0.2) is 15.0 Å². The van der Waals surface area contributed by atoms with Crippen LogP contribution >= 0.6 is 0 Å². The van der Waals surface area contributed by atoms with Crippen LogP contribution in [0.15, 0.2) is 59.5 Å². The Bertz CT molecular complexity index is 1430. The molecule has 0 radical (unpaired) electrons. The number of hydrogen-bond donors (Lipinski definition) is 2. The first-order valence-corrected chi connectivity index (χ1v) is 10.3. The van der Waals surface area contributed by atoms with Crippen LogP contribution in [0.1, 0.15) is 17.7 Å². The molecule has 1 unspecified atom stereocenters. The first-order chi connectivity index (χ1) is 16.5. The van der Waals surface area contributed by atoms with Gasteiger partial charge in [-0.2, -0.15) is 5.26 Å². The lowest BCUT2D eigenvalue weighted by molar-refractivity contribution is -0.144. The van der Waals surface area contributed by atoms with Gasteiger partial charge in [-0.15, -0.1) is 0 Å². The molecule has 34 heavy (non-hydrogen) atoms. The van der Waals surface area contributed by atoms with Gasteiger partial charge in [0.2, 0.25) is 11.5 Å². The molecule has 168 valence electrons. The molecule has 1 saturated heterocycles. The molecule has 11 nitrogen and oxygen atoms in total. The van der Waals surface area contributed by atoms with Gasteiger partial charge in [0.15, 0.2) is 5.76 Å². The van der Waals surface area contributed by atoms with Crippen LogP contribution < -0.4 is 5.32 Å². The van der Waals surface area contributed by atoms with E-state index >= 15 is 0 Å². The zero-order valence-electron chi connectivity index (χ0n) is 18.0. The molecule has 1 aliphatic heterocycles. The molecular formula is C23H18N8O3. The van der Waals surface area contributed by atoms with Crippen molar-refractivity contribution in [3.05, 3.63) is 66.3 Å². The van der Waals surface area contributed by atoms with Crippen molar-refractivity contribution in [2.75, 3.05) is 18.9 Å². The molecule has 0 spiro atoms. The van der Waals surface area contributed by atoms with Gasteiger partial charge in [-0.3, -0.25) is 9.78 Å². The first-order valence-electron chi connectivity index (χ1n) is 10.3. The van der Waals surface area contributed by atoms with E-state index in [1.807, 2.05) is 0 Å². The van der Waals surface area contributed by atoms with Gasteiger partial charge in [0.25, 0.3) is 5.91 Å². The second-order valence-corrected chi connectivity index (χ2v) is 7.75. The topological polar surface area (TPSA) is 154 Å². The second-order valence-electron chi connectivity index (χ2n) is 7.75. The minimum atomic E-state index is -1.72. The average molecular weight is 454 g/mol. The number of carbonyl (C=O) groups is 1. The molecule has 0 aliphatic carbocycles. The predicted molar refractivity (Wildman–Crippen MR) is 119 cm³/mol. The third-order valence-corrected chi connectivity index (χ3v) is 5.54. The summed E-state index contributed by atoms with van der Waals surface area (Å²) in [5, 5.41) is 27.1. The van der Waals surface area contributed by atoms with E-state index in [-0.39, 0.29) is 12.2 Å². The summed E-state index contributed by atoms with van der Waals surface area (Å²) in [5.41, 5.74) is 1.16. The number of hydrogen-bond acceptors (Lipinski definition) is 10. The number of aromatic nitrogens is 5. The Kier molecular flexibility index (Phi) is 5.19. The monoisotopic (exact) mass is 454 g/mol. The maximum Gasteiger partial charge on any atom is 0.262 e. The molecule has 1 fully saturated rings. The molecule has 0 bridgehead atoms. The van der Waals surface area contributed by atoms with Gasteiger partial charge >= 0.3 is 0 Å². The highest BCUT2D eigenvalue weighted by Gasteiger charge is 2.48. The Morgan fingerprint density at radius 2 is 1.94 bits per heavy atom. The van der Waals surface area contributed by atoms with Crippen LogP contribution in [-0.2, 0) is 10.4 Å². The molecule has 0 aromatic carbocycles. The summed E-state index contributed by atoms with van der Waals surface area (Å²) < 4.78 is 5.32. The minimum Gasteiger partial charge on any atom is -0.373 e. The first kappa shape index (κ1) is 21.2. The van der Waals surface area contributed by atoms with E-state index in [1.54, 1.807) is 49.8 Å². The number of amides is 1. The zero-order chi connectivity index (χ0) is 23.7. The van der Waals surface area contributed by atoms with Crippen molar-refractivity contribution in [2.24, 2.45) is 0 Å².